The number of aromatic nitrogens is 1. The summed E-state index contributed by atoms with van der Waals surface area (Å²) in [7, 11) is 1.67. The van der Waals surface area contributed by atoms with Crippen LogP contribution >= 0.6 is 0 Å². The second-order valence-corrected chi connectivity index (χ2v) is 9.70. The van der Waals surface area contributed by atoms with Crippen LogP contribution in [0.3, 0.4) is 0 Å². The Morgan fingerprint density at radius 2 is 2.00 bits per heavy atom. The molecule has 1 aromatic carbocycles. The first-order valence-corrected chi connectivity index (χ1v) is 11.3. The van der Waals surface area contributed by atoms with Crippen molar-refractivity contribution in [3.63, 3.8) is 0 Å². The SMILES string of the molecule is COCCCOc1cc2c(cc1C1=COCC1)-c1cc(=O)c(C(=O)O)cn1[C@H](C(C)(C)C)C2. The molecule has 0 unspecified atom stereocenters. The van der Waals surface area contributed by atoms with Gasteiger partial charge in [-0.2, -0.15) is 0 Å². The number of benzene rings is 1. The Balaban J connectivity index is 1.88. The molecule has 0 amide bonds. The summed E-state index contributed by atoms with van der Waals surface area (Å²) in [5, 5.41) is 9.54. The van der Waals surface area contributed by atoms with Crippen LogP contribution < -0.4 is 10.2 Å². The molecule has 176 valence electrons. The average Bonchev–Trinajstić information content (AvgIpc) is 3.29. The first-order valence-electron chi connectivity index (χ1n) is 11.3. The summed E-state index contributed by atoms with van der Waals surface area (Å²) in [6.07, 6.45) is 5.54. The second kappa shape index (κ2) is 9.06. The summed E-state index contributed by atoms with van der Waals surface area (Å²) in [6, 6.07) is 5.59. The Kier molecular flexibility index (Phi) is 6.34. The molecule has 7 nitrogen and oxygen atoms in total. The van der Waals surface area contributed by atoms with Gasteiger partial charge in [0, 0.05) is 61.6 Å². The first kappa shape index (κ1) is 23.1. The number of ether oxygens (including phenoxy) is 3. The molecular weight excluding hydrogens is 422 g/mol. The van der Waals surface area contributed by atoms with Gasteiger partial charge in [0.1, 0.15) is 11.3 Å². The number of hydrogen-bond acceptors (Lipinski definition) is 5. The lowest BCUT2D eigenvalue weighted by atomic mass is 9.78. The van der Waals surface area contributed by atoms with E-state index in [1.54, 1.807) is 13.4 Å². The molecule has 2 aliphatic rings. The zero-order chi connectivity index (χ0) is 23.8. The van der Waals surface area contributed by atoms with Gasteiger partial charge in [0.2, 0.25) is 0 Å². The fourth-order valence-electron chi connectivity index (χ4n) is 4.58. The normalized spacial score (nSPS) is 17.1. The van der Waals surface area contributed by atoms with Crippen molar-refractivity contribution in [1.29, 1.82) is 0 Å². The van der Waals surface area contributed by atoms with Gasteiger partial charge in [0.05, 0.1) is 25.2 Å². The monoisotopic (exact) mass is 453 g/mol. The van der Waals surface area contributed by atoms with E-state index in [9.17, 15) is 14.7 Å². The number of pyridine rings is 1. The van der Waals surface area contributed by atoms with E-state index in [-0.39, 0.29) is 17.0 Å². The number of carbonyl (C=O) groups is 1. The third kappa shape index (κ3) is 4.55. The zero-order valence-corrected chi connectivity index (χ0v) is 19.6. The van der Waals surface area contributed by atoms with Crippen molar-refractivity contribution < 1.29 is 24.1 Å². The van der Waals surface area contributed by atoms with Crippen LogP contribution in [0.15, 0.2) is 35.5 Å². The van der Waals surface area contributed by atoms with Gasteiger partial charge in [-0.05, 0) is 29.5 Å². The molecule has 0 spiro atoms. The Bertz CT molecular complexity index is 1150. The van der Waals surface area contributed by atoms with E-state index in [0.29, 0.717) is 26.2 Å². The first-order chi connectivity index (χ1) is 15.7. The molecule has 0 fully saturated rings. The zero-order valence-electron chi connectivity index (χ0n) is 19.6. The van der Waals surface area contributed by atoms with Gasteiger partial charge < -0.3 is 23.9 Å². The van der Waals surface area contributed by atoms with E-state index in [1.807, 2.05) is 4.57 Å². The number of hydrogen-bond donors (Lipinski definition) is 1. The summed E-state index contributed by atoms with van der Waals surface area (Å²) < 4.78 is 18.8. The van der Waals surface area contributed by atoms with Gasteiger partial charge >= 0.3 is 5.97 Å². The molecule has 1 N–H and O–H groups in total. The minimum absolute atomic E-state index is 0.0140. The lowest BCUT2D eigenvalue weighted by Crippen LogP contribution is -2.32. The molecule has 0 bridgehead atoms. The molecule has 2 aromatic rings. The van der Waals surface area contributed by atoms with Gasteiger partial charge in [-0.3, -0.25) is 4.79 Å². The van der Waals surface area contributed by atoms with Crippen molar-refractivity contribution in [3.8, 4) is 17.0 Å². The van der Waals surface area contributed by atoms with Crippen LogP contribution in [0.4, 0.5) is 0 Å². The summed E-state index contributed by atoms with van der Waals surface area (Å²) in [4.78, 5) is 24.3. The van der Waals surface area contributed by atoms with Gasteiger partial charge in [-0.1, -0.05) is 20.8 Å². The summed E-state index contributed by atoms with van der Waals surface area (Å²) in [6.45, 7) is 8.17. The molecule has 3 heterocycles. The summed E-state index contributed by atoms with van der Waals surface area (Å²) in [5.41, 5.74) is 3.89. The number of fused-ring (bicyclic) bond motifs is 3. The van der Waals surface area contributed by atoms with Crippen molar-refractivity contribution in [2.45, 2.75) is 46.1 Å². The summed E-state index contributed by atoms with van der Waals surface area (Å²) in [5.74, 6) is -0.408. The number of rotatable bonds is 7. The smallest absolute Gasteiger partial charge is 0.341 e. The molecule has 0 saturated carbocycles. The predicted molar refractivity (Wildman–Crippen MR) is 126 cm³/mol. The maximum atomic E-state index is 12.6. The molecule has 0 aliphatic carbocycles. The molecular formula is C26H31NO6. The van der Waals surface area contributed by atoms with E-state index in [4.69, 9.17) is 14.2 Å². The van der Waals surface area contributed by atoms with Gasteiger partial charge in [-0.15, -0.1) is 0 Å². The second-order valence-electron chi connectivity index (χ2n) is 9.70. The van der Waals surface area contributed by atoms with Crippen LogP contribution in [0.5, 0.6) is 5.75 Å². The third-order valence-electron chi connectivity index (χ3n) is 6.35. The highest BCUT2D eigenvalue weighted by molar-refractivity contribution is 5.88. The van der Waals surface area contributed by atoms with Gasteiger partial charge in [0.15, 0.2) is 5.43 Å². The van der Waals surface area contributed by atoms with Crippen molar-refractivity contribution in [3.05, 3.63) is 57.6 Å². The predicted octanol–water partition coefficient (Wildman–Crippen LogP) is 4.53. The van der Waals surface area contributed by atoms with E-state index in [2.05, 4.69) is 32.9 Å². The van der Waals surface area contributed by atoms with Crippen LogP contribution in [-0.4, -0.2) is 42.6 Å². The molecule has 4 rings (SSSR count). The largest absolute Gasteiger partial charge is 0.501 e. The average molecular weight is 454 g/mol. The van der Waals surface area contributed by atoms with Gasteiger partial charge in [0.25, 0.3) is 0 Å². The lowest BCUT2D eigenvalue weighted by molar-refractivity contribution is 0.0693. The van der Waals surface area contributed by atoms with Crippen molar-refractivity contribution >= 4 is 11.5 Å². The molecule has 7 heteroatoms. The van der Waals surface area contributed by atoms with E-state index in [1.165, 1.54) is 12.3 Å². The highest BCUT2D eigenvalue weighted by Crippen LogP contribution is 2.45. The Morgan fingerprint density at radius 3 is 2.64 bits per heavy atom. The van der Waals surface area contributed by atoms with E-state index < -0.39 is 11.4 Å². The van der Waals surface area contributed by atoms with E-state index >= 15 is 0 Å². The van der Waals surface area contributed by atoms with Crippen LogP contribution in [-0.2, 0) is 15.9 Å². The van der Waals surface area contributed by atoms with Crippen LogP contribution in [0.25, 0.3) is 16.8 Å². The minimum Gasteiger partial charge on any atom is -0.501 e. The van der Waals surface area contributed by atoms with Gasteiger partial charge in [-0.25, -0.2) is 4.79 Å². The molecule has 33 heavy (non-hydrogen) atoms. The van der Waals surface area contributed by atoms with Crippen LogP contribution in [0.2, 0.25) is 0 Å². The van der Waals surface area contributed by atoms with Crippen LogP contribution in [0.1, 0.15) is 61.1 Å². The van der Waals surface area contributed by atoms with Crippen LogP contribution in [0, 0.1) is 5.41 Å². The van der Waals surface area contributed by atoms with Crippen molar-refractivity contribution in [2.24, 2.45) is 5.41 Å². The lowest BCUT2D eigenvalue weighted by Gasteiger charge is -2.39. The molecule has 1 aromatic heterocycles. The Labute approximate surface area is 193 Å². The number of nitrogens with zero attached hydrogens (tertiary/aromatic N) is 1. The topological polar surface area (TPSA) is 87.0 Å². The highest BCUT2D eigenvalue weighted by atomic mass is 16.5. The molecule has 1 atom stereocenters. The maximum absolute atomic E-state index is 12.6. The third-order valence-corrected chi connectivity index (χ3v) is 6.35. The summed E-state index contributed by atoms with van der Waals surface area (Å²) >= 11 is 0. The van der Waals surface area contributed by atoms with Crippen molar-refractivity contribution in [1.82, 2.24) is 4.57 Å². The highest BCUT2D eigenvalue weighted by Gasteiger charge is 2.34. The molecule has 0 radical (unpaired) electrons. The Hall–Kier alpha value is -3.06. The number of methoxy groups -OCH3 is 1. The number of carboxylic acids is 1. The quantitative estimate of drug-likeness (QED) is 0.620. The number of aromatic carboxylic acids is 1. The minimum atomic E-state index is -1.21. The number of carboxylic acid groups (broad SMARTS) is 1. The fraction of sp³-hybridized carbons (Fsp3) is 0.462. The fourth-order valence-corrected chi connectivity index (χ4v) is 4.58. The van der Waals surface area contributed by atoms with E-state index in [0.717, 1.165) is 46.5 Å². The van der Waals surface area contributed by atoms with Crippen molar-refractivity contribution in [2.75, 3.05) is 26.9 Å². The maximum Gasteiger partial charge on any atom is 0.341 e. The molecule has 2 aliphatic heterocycles. The molecule has 0 saturated heterocycles. The Morgan fingerprint density at radius 1 is 1.21 bits per heavy atom. The standard InChI is InChI=1S/C26H31NO6/c1-26(2,3)24-11-17-10-23(33-8-5-7-31-4)19(16-6-9-32-15-16)12-18(17)21-13-22(28)20(25(29)30)14-27(21)24/h10,12-15,24H,5-9,11H2,1-4H3,(H,29,30)/t24-/m0/s1.